The van der Waals surface area contributed by atoms with Crippen LogP contribution in [-0.2, 0) is 14.3 Å². The van der Waals surface area contributed by atoms with Crippen LogP contribution in [0.25, 0.3) is 0 Å². The van der Waals surface area contributed by atoms with Crippen LogP contribution in [0.1, 0.15) is 40.3 Å². The molecule has 1 aromatic heterocycles. The Bertz CT molecular complexity index is 967. The number of aromatic nitrogens is 1. The van der Waals surface area contributed by atoms with Gasteiger partial charge in [0, 0.05) is 19.2 Å². The number of carbonyl (C=O) groups excluding carboxylic acids is 2. The van der Waals surface area contributed by atoms with Gasteiger partial charge >= 0.3 is 11.9 Å². The first-order valence-corrected chi connectivity index (χ1v) is 11.0. The van der Waals surface area contributed by atoms with Crippen molar-refractivity contribution in [3.63, 3.8) is 0 Å². The Balaban J connectivity index is 2.09. The van der Waals surface area contributed by atoms with E-state index in [9.17, 15) is 9.59 Å². The van der Waals surface area contributed by atoms with Crippen molar-refractivity contribution < 1.29 is 28.5 Å². The van der Waals surface area contributed by atoms with Crippen LogP contribution in [0.5, 0.6) is 17.2 Å². The first kappa shape index (κ1) is 26.1. The minimum absolute atomic E-state index is 0.0161. The number of pyridine rings is 1. The zero-order valence-electron chi connectivity index (χ0n) is 19.7. The second-order valence-electron chi connectivity index (χ2n) is 7.76. The first-order chi connectivity index (χ1) is 15.6. The summed E-state index contributed by atoms with van der Waals surface area (Å²) >= 11 is 5.41. The monoisotopic (exact) mass is 474 g/mol. The summed E-state index contributed by atoms with van der Waals surface area (Å²) in [5.41, 5.74) is 0.181. The quantitative estimate of drug-likeness (QED) is 0.408. The molecule has 0 aliphatic heterocycles. The number of para-hydroxylation sites is 1. The van der Waals surface area contributed by atoms with Crippen molar-refractivity contribution in [2.24, 2.45) is 5.92 Å². The minimum atomic E-state index is -0.791. The average molecular weight is 475 g/mol. The van der Waals surface area contributed by atoms with Crippen molar-refractivity contribution in [2.45, 2.75) is 52.9 Å². The third-order valence-corrected chi connectivity index (χ3v) is 5.00. The predicted octanol–water partition coefficient (Wildman–Crippen LogP) is 3.70. The van der Waals surface area contributed by atoms with Crippen LogP contribution >= 0.6 is 12.2 Å². The van der Waals surface area contributed by atoms with Crippen molar-refractivity contribution in [3.8, 4) is 17.2 Å². The van der Waals surface area contributed by atoms with E-state index >= 15 is 0 Å². The lowest BCUT2D eigenvalue weighted by atomic mass is 10.0. The van der Waals surface area contributed by atoms with Crippen LogP contribution < -0.4 is 19.5 Å². The highest BCUT2D eigenvalue weighted by Crippen LogP contribution is 2.30. The second kappa shape index (κ2) is 12.2. The molecule has 0 aliphatic carbocycles. The van der Waals surface area contributed by atoms with E-state index in [-0.39, 0.29) is 28.5 Å². The fourth-order valence-corrected chi connectivity index (χ4v) is 3.43. The van der Waals surface area contributed by atoms with Crippen LogP contribution in [-0.4, -0.2) is 47.3 Å². The Labute approximate surface area is 199 Å². The molecule has 0 spiro atoms. The lowest BCUT2D eigenvalue weighted by Gasteiger charge is -2.29. The number of rotatable bonds is 10. The van der Waals surface area contributed by atoms with Gasteiger partial charge in [0.15, 0.2) is 5.75 Å². The number of thiocarbonyl (C=S) groups is 1. The Morgan fingerprint density at radius 2 is 1.73 bits per heavy atom. The molecule has 2 rings (SSSR count). The molecule has 0 amide bonds. The maximum Gasteiger partial charge on any atom is 0.328 e. The van der Waals surface area contributed by atoms with Crippen molar-refractivity contribution in [1.82, 2.24) is 10.3 Å². The van der Waals surface area contributed by atoms with Gasteiger partial charge in [0.25, 0.3) is 0 Å². The normalized spacial score (nSPS) is 13.4. The van der Waals surface area contributed by atoms with E-state index in [1.165, 1.54) is 20.2 Å². The summed E-state index contributed by atoms with van der Waals surface area (Å²) in [6.45, 7) is 8.66. The van der Waals surface area contributed by atoms with E-state index in [1.807, 2.05) is 51.1 Å². The number of nitrogens with zero attached hydrogens (tertiary/aromatic N) is 1. The molecule has 1 aromatic carbocycles. The SMILES string of the molecule is COc1ccnc(C(=S)N[C@@H](C)C(=O)O[C@H](C(C)C)[C@H](C)Oc2ccccc2)c1OC(C)=O. The standard InChI is InChI=1S/C24H30N2O6S/c1-14(2)21(16(4)30-18-10-8-7-9-11-18)32-24(28)15(3)26-23(33)20-22(31-17(5)27)19(29-6)12-13-25-20/h7-16,21H,1-6H3,(H,26,33)/t15-,16-,21+/m0/s1. The zero-order chi connectivity index (χ0) is 24.5. The predicted molar refractivity (Wildman–Crippen MR) is 128 cm³/mol. The van der Waals surface area contributed by atoms with Crippen molar-refractivity contribution in [1.29, 1.82) is 0 Å². The van der Waals surface area contributed by atoms with E-state index in [2.05, 4.69) is 10.3 Å². The lowest BCUT2D eigenvalue weighted by molar-refractivity contribution is -0.158. The van der Waals surface area contributed by atoms with Crippen molar-refractivity contribution >= 4 is 29.1 Å². The third-order valence-electron chi connectivity index (χ3n) is 4.69. The summed E-state index contributed by atoms with van der Waals surface area (Å²) in [7, 11) is 1.44. The van der Waals surface area contributed by atoms with E-state index in [0.717, 1.165) is 0 Å². The molecule has 2 aromatic rings. The van der Waals surface area contributed by atoms with Gasteiger partial charge in [-0.2, -0.15) is 0 Å². The van der Waals surface area contributed by atoms with E-state index in [0.29, 0.717) is 11.5 Å². The van der Waals surface area contributed by atoms with Crippen molar-refractivity contribution in [3.05, 3.63) is 48.3 Å². The number of hydrogen-bond acceptors (Lipinski definition) is 8. The van der Waals surface area contributed by atoms with Crippen LogP contribution in [0.2, 0.25) is 0 Å². The molecule has 1 heterocycles. The molecule has 3 atom stereocenters. The number of nitrogens with one attached hydrogen (secondary N) is 1. The molecule has 1 N–H and O–H groups in total. The molecule has 0 fully saturated rings. The van der Waals surface area contributed by atoms with Gasteiger partial charge in [0.2, 0.25) is 5.75 Å². The Kier molecular flexibility index (Phi) is 9.59. The lowest BCUT2D eigenvalue weighted by Crippen LogP contribution is -2.44. The fraction of sp³-hybridized carbons (Fsp3) is 0.417. The average Bonchev–Trinajstić information content (AvgIpc) is 2.77. The molecule has 0 saturated heterocycles. The summed E-state index contributed by atoms with van der Waals surface area (Å²) in [5.74, 6) is 0.0295. The third kappa shape index (κ3) is 7.42. The molecular weight excluding hydrogens is 444 g/mol. The first-order valence-electron chi connectivity index (χ1n) is 10.6. The number of ether oxygens (including phenoxy) is 4. The number of benzene rings is 1. The Morgan fingerprint density at radius 3 is 2.30 bits per heavy atom. The number of hydrogen-bond donors (Lipinski definition) is 1. The summed E-state index contributed by atoms with van der Waals surface area (Å²) in [5, 5.41) is 2.90. The summed E-state index contributed by atoms with van der Waals surface area (Å²) in [4.78, 5) is 28.6. The maximum atomic E-state index is 12.8. The molecule has 8 nitrogen and oxygen atoms in total. The highest BCUT2D eigenvalue weighted by atomic mass is 32.1. The largest absolute Gasteiger partial charge is 0.493 e. The number of esters is 2. The van der Waals surface area contributed by atoms with Gasteiger partial charge in [-0.3, -0.25) is 4.79 Å². The van der Waals surface area contributed by atoms with Gasteiger partial charge in [-0.25, -0.2) is 9.78 Å². The number of carbonyl (C=O) groups is 2. The van der Waals surface area contributed by atoms with Crippen LogP contribution in [0.3, 0.4) is 0 Å². The number of methoxy groups -OCH3 is 1. The molecule has 178 valence electrons. The zero-order valence-corrected chi connectivity index (χ0v) is 20.5. The topological polar surface area (TPSA) is 96.0 Å². The molecule has 0 aliphatic rings. The van der Waals surface area contributed by atoms with Gasteiger partial charge in [-0.15, -0.1) is 0 Å². The molecule has 0 bridgehead atoms. The van der Waals surface area contributed by atoms with E-state index < -0.39 is 24.1 Å². The molecule has 0 unspecified atom stereocenters. The highest BCUT2D eigenvalue weighted by molar-refractivity contribution is 7.80. The summed E-state index contributed by atoms with van der Waals surface area (Å²) in [6.07, 6.45) is 0.614. The van der Waals surface area contributed by atoms with Crippen molar-refractivity contribution in [2.75, 3.05) is 7.11 Å². The Morgan fingerprint density at radius 1 is 1.06 bits per heavy atom. The Hall–Kier alpha value is -3.20. The molecule has 0 saturated carbocycles. The minimum Gasteiger partial charge on any atom is -0.493 e. The highest BCUT2D eigenvalue weighted by Gasteiger charge is 2.29. The van der Waals surface area contributed by atoms with Gasteiger partial charge in [0.05, 0.1) is 7.11 Å². The van der Waals surface area contributed by atoms with Gasteiger partial charge in [-0.1, -0.05) is 44.3 Å². The van der Waals surface area contributed by atoms with E-state index in [4.69, 9.17) is 31.2 Å². The molecule has 33 heavy (non-hydrogen) atoms. The molecule has 9 heteroatoms. The summed E-state index contributed by atoms with van der Waals surface area (Å²) < 4.78 is 22.2. The molecular formula is C24H30N2O6S. The van der Waals surface area contributed by atoms with E-state index in [1.54, 1.807) is 13.0 Å². The van der Waals surface area contributed by atoms with Gasteiger partial charge in [0.1, 0.15) is 34.7 Å². The second-order valence-corrected chi connectivity index (χ2v) is 8.17. The summed E-state index contributed by atoms with van der Waals surface area (Å²) in [6, 6.07) is 10.1. The molecule has 0 radical (unpaired) electrons. The van der Waals surface area contributed by atoms with Gasteiger partial charge < -0.3 is 24.3 Å². The van der Waals surface area contributed by atoms with Crippen LogP contribution in [0.4, 0.5) is 0 Å². The van der Waals surface area contributed by atoms with Crippen LogP contribution in [0.15, 0.2) is 42.6 Å². The smallest absolute Gasteiger partial charge is 0.328 e. The fourth-order valence-electron chi connectivity index (χ4n) is 3.11. The van der Waals surface area contributed by atoms with Gasteiger partial charge in [-0.05, 0) is 31.9 Å². The maximum absolute atomic E-state index is 12.8. The van der Waals surface area contributed by atoms with Crippen LogP contribution in [0, 0.1) is 5.92 Å².